The van der Waals surface area contributed by atoms with Crippen molar-refractivity contribution in [1.29, 1.82) is 0 Å². The highest BCUT2D eigenvalue weighted by molar-refractivity contribution is 7.99. The van der Waals surface area contributed by atoms with Gasteiger partial charge in [0.05, 0.1) is 21.7 Å². The number of alkyl halides is 3. The summed E-state index contributed by atoms with van der Waals surface area (Å²) in [6.45, 7) is 7.47. The maximum absolute atomic E-state index is 13.5. The minimum atomic E-state index is -4.60. The fourth-order valence-corrected chi connectivity index (χ4v) is 7.56. The number of hydrogen-bond acceptors (Lipinski definition) is 5. The van der Waals surface area contributed by atoms with Crippen LogP contribution >= 0.6 is 34.7 Å². The van der Waals surface area contributed by atoms with Gasteiger partial charge in [0.15, 0.2) is 10.9 Å². The first kappa shape index (κ1) is 27.7. The molecule has 0 aliphatic heterocycles. The van der Waals surface area contributed by atoms with Gasteiger partial charge < -0.3 is 4.57 Å². The van der Waals surface area contributed by atoms with E-state index in [1.807, 2.05) is 0 Å². The number of rotatable bonds is 7. The van der Waals surface area contributed by atoms with Gasteiger partial charge in [0, 0.05) is 34.1 Å². The normalized spacial score (nSPS) is 13.6. The summed E-state index contributed by atoms with van der Waals surface area (Å²) < 4.78 is 43.5. The number of fused-ring (bicyclic) bond motifs is 3. The van der Waals surface area contributed by atoms with E-state index in [2.05, 4.69) is 6.58 Å². The Hall–Kier alpha value is -2.82. The Morgan fingerprint density at radius 3 is 2.69 bits per heavy atom. The maximum atomic E-state index is 13.5. The number of carbonyl (C=O) groups is 1. The van der Waals surface area contributed by atoms with Gasteiger partial charge in [-0.15, -0.1) is 17.9 Å². The monoisotopic (exact) mass is 591 g/mol. The molecule has 0 unspecified atom stereocenters. The predicted octanol–water partition coefficient (Wildman–Crippen LogP) is 7.58. The van der Waals surface area contributed by atoms with Crippen LogP contribution in [0.25, 0.3) is 15.9 Å². The number of hydrogen-bond donors (Lipinski definition) is 0. The van der Waals surface area contributed by atoms with Crippen molar-refractivity contribution in [3.05, 3.63) is 85.3 Å². The molecule has 0 N–H and O–H groups in total. The zero-order valence-corrected chi connectivity index (χ0v) is 23.7. The number of allylic oxidation sites excluding steroid dienone is 1. The van der Waals surface area contributed by atoms with Crippen molar-refractivity contribution in [2.45, 2.75) is 57.4 Å². The zero-order valence-electron chi connectivity index (χ0n) is 21.3. The summed E-state index contributed by atoms with van der Waals surface area (Å²) in [6.07, 6.45) is 1.01. The Labute approximate surface area is 236 Å². The fraction of sp³-hybridized carbons (Fsp3) is 0.321. The van der Waals surface area contributed by atoms with Crippen LogP contribution in [0.15, 0.2) is 46.9 Å². The number of ketones is 1. The van der Waals surface area contributed by atoms with Crippen LogP contribution in [-0.4, -0.2) is 25.7 Å². The van der Waals surface area contributed by atoms with Crippen molar-refractivity contribution in [3.63, 3.8) is 0 Å². The molecule has 204 valence electrons. The van der Waals surface area contributed by atoms with E-state index in [1.165, 1.54) is 28.8 Å². The van der Waals surface area contributed by atoms with Crippen molar-refractivity contribution in [2.24, 2.45) is 0 Å². The van der Waals surface area contributed by atoms with E-state index in [1.54, 1.807) is 46.5 Å². The standard InChI is InChI=1S/C28H25ClF3N3O2S2/c1-4-11-34-26(37)24-18-7-5-6-8-23(18)39-25(24)33-27(34)38-14-22(36)19-12-15(2)35(16(19)3)17-9-10-21(29)20(13-17)28(30,31)32/h4,9-10,12-13H,1,5-8,11,14H2,2-3H3. The van der Waals surface area contributed by atoms with Gasteiger partial charge in [-0.25, -0.2) is 4.98 Å². The highest BCUT2D eigenvalue weighted by Crippen LogP contribution is 2.37. The summed E-state index contributed by atoms with van der Waals surface area (Å²) in [5, 5.41) is 0.737. The van der Waals surface area contributed by atoms with Crippen LogP contribution in [0.1, 0.15) is 50.6 Å². The average molecular weight is 592 g/mol. The summed E-state index contributed by atoms with van der Waals surface area (Å²) in [6, 6.07) is 5.35. The molecule has 5 rings (SSSR count). The molecular formula is C28H25ClF3N3O2S2. The first-order chi connectivity index (χ1) is 18.5. The van der Waals surface area contributed by atoms with Crippen molar-refractivity contribution < 1.29 is 18.0 Å². The second kappa shape index (κ2) is 10.6. The quantitative estimate of drug-likeness (QED) is 0.0962. The minimum absolute atomic E-state index is 0.0128. The van der Waals surface area contributed by atoms with Crippen molar-refractivity contribution in [1.82, 2.24) is 14.1 Å². The third-order valence-electron chi connectivity index (χ3n) is 6.93. The first-order valence-corrected chi connectivity index (χ1v) is 14.6. The molecule has 0 saturated carbocycles. The molecule has 3 aromatic heterocycles. The van der Waals surface area contributed by atoms with Crippen LogP contribution in [0, 0.1) is 13.8 Å². The molecule has 0 radical (unpaired) electrons. The highest BCUT2D eigenvalue weighted by atomic mass is 35.5. The molecule has 0 saturated heterocycles. The second-order valence-electron chi connectivity index (χ2n) is 9.48. The lowest BCUT2D eigenvalue weighted by atomic mass is 9.97. The maximum Gasteiger partial charge on any atom is 0.417 e. The Balaban J connectivity index is 1.46. The number of carbonyl (C=O) groups excluding carboxylic acids is 1. The average Bonchev–Trinajstić information content (AvgIpc) is 3.40. The van der Waals surface area contributed by atoms with Crippen LogP contribution in [0.4, 0.5) is 13.2 Å². The van der Waals surface area contributed by atoms with Crippen LogP contribution in [0.5, 0.6) is 0 Å². The van der Waals surface area contributed by atoms with Gasteiger partial charge in [-0.3, -0.25) is 14.2 Å². The summed E-state index contributed by atoms with van der Waals surface area (Å²) in [5.74, 6) is -0.201. The van der Waals surface area contributed by atoms with Gasteiger partial charge in [-0.2, -0.15) is 13.2 Å². The molecule has 1 aliphatic rings. The van der Waals surface area contributed by atoms with E-state index in [-0.39, 0.29) is 34.4 Å². The van der Waals surface area contributed by atoms with Gasteiger partial charge >= 0.3 is 6.18 Å². The lowest BCUT2D eigenvalue weighted by molar-refractivity contribution is -0.137. The van der Waals surface area contributed by atoms with Gasteiger partial charge in [-0.1, -0.05) is 29.4 Å². The van der Waals surface area contributed by atoms with E-state index in [9.17, 15) is 22.8 Å². The van der Waals surface area contributed by atoms with Crippen molar-refractivity contribution in [3.8, 4) is 5.69 Å². The van der Waals surface area contributed by atoms with E-state index < -0.39 is 11.7 Å². The Kier molecular flexibility index (Phi) is 7.56. The third kappa shape index (κ3) is 5.10. The Morgan fingerprint density at radius 1 is 1.23 bits per heavy atom. The molecule has 39 heavy (non-hydrogen) atoms. The smallest absolute Gasteiger partial charge is 0.318 e. The molecule has 0 amide bonds. The van der Waals surface area contributed by atoms with Crippen LogP contribution in [0.2, 0.25) is 5.02 Å². The van der Waals surface area contributed by atoms with Gasteiger partial charge in [-0.05, 0) is 69.4 Å². The lowest BCUT2D eigenvalue weighted by Crippen LogP contribution is -2.23. The number of Topliss-reactive ketones (excluding diaryl/α,β-unsaturated/α-hetero) is 1. The molecule has 11 heteroatoms. The van der Waals surface area contributed by atoms with Crippen molar-refractivity contribution in [2.75, 3.05) is 5.75 Å². The molecule has 0 fully saturated rings. The Morgan fingerprint density at radius 2 is 1.97 bits per heavy atom. The number of aryl methyl sites for hydroxylation is 3. The summed E-state index contributed by atoms with van der Waals surface area (Å²) in [7, 11) is 0. The molecular weight excluding hydrogens is 567 g/mol. The molecule has 5 nitrogen and oxygen atoms in total. The predicted molar refractivity (Wildman–Crippen MR) is 151 cm³/mol. The number of halogens is 4. The molecule has 0 atom stereocenters. The molecule has 1 aromatic carbocycles. The molecule has 0 spiro atoms. The molecule has 4 aromatic rings. The fourth-order valence-electron chi connectivity index (χ4n) is 5.14. The van der Waals surface area contributed by atoms with Gasteiger partial charge in [0.1, 0.15) is 4.83 Å². The number of thiophene rings is 1. The summed E-state index contributed by atoms with van der Waals surface area (Å²) in [4.78, 5) is 33.5. The molecule has 1 aliphatic carbocycles. The van der Waals surface area contributed by atoms with E-state index in [0.717, 1.165) is 37.3 Å². The third-order valence-corrected chi connectivity index (χ3v) is 9.42. The summed E-state index contributed by atoms with van der Waals surface area (Å²) >= 11 is 8.52. The van der Waals surface area contributed by atoms with Crippen LogP contribution in [0.3, 0.4) is 0 Å². The SMILES string of the molecule is C=CCn1c(SCC(=O)c2cc(C)n(-c3ccc(Cl)c(C(F)(F)F)c3)c2C)nc2sc3c(c2c1=O)CCCC3. The van der Waals surface area contributed by atoms with Crippen molar-refractivity contribution >= 4 is 50.7 Å². The van der Waals surface area contributed by atoms with Gasteiger partial charge in [0.2, 0.25) is 0 Å². The molecule has 0 bridgehead atoms. The second-order valence-corrected chi connectivity index (χ2v) is 11.9. The Bertz CT molecular complexity index is 1680. The van der Waals surface area contributed by atoms with E-state index in [0.29, 0.717) is 32.3 Å². The van der Waals surface area contributed by atoms with E-state index in [4.69, 9.17) is 16.6 Å². The highest BCUT2D eigenvalue weighted by Gasteiger charge is 2.34. The van der Waals surface area contributed by atoms with Crippen LogP contribution in [-0.2, 0) is 25.6 Å². The number of nitrogens with zero attached hydrogens (tertiary/aromatic N) is 3. The number of aromatic nitrogens is 3. The first-order valence-electron chi connectivity index (χ1n) is 12.4. The van der Waals surface area contributed by atoms with Gasteiger partial charge in [0.25, 0.3) is 5.56 Å². The van der Waals surface area contributed by atoms with E-state index >= 15 is 0 Å². The number of thioether (sulfide) groups is 1. The zero-order chi connectivity index (χ0) is 28.1. The largest absolute Gasteiger partial charge is 0.417 e. The lowest BCUT2D eigenvalue weighted by Gasteiger charge is -2.14. The topological polar surface area (TPSA) is 56.9 Å². The summed E-state index contributed by atoms with van der Waals surface area (Å²) in [5.41, 5.74) is 1.85. The van der Waals surface area contributed by atoms with Crippen LogP contribution < -0.4 is 5.56 Å². The molecule has 3 heterocycles. The minimum Gasteiger partial charge on any atom is -0.318 e. The number of benzene rings is 1.